The minimum Gasteiger partial charge on any atom is -0.398 e. The Morgan fingerprint density at radius 2 is 1.95 bits per heavy atom. The van der Waals surface area contributed by atoms with Gasteiger partial charge in [-0.2, -0.15) is 0 Å². The van der Waals surface area contributed by atoms with E-state index < -0.39 is 11.6 Å². The number of aromatic amines is 1. The van der Waals surface area contributed by atoms with Crippen molar-refractivity contribution in [2.24, 2.45) is 0 Å². The van der Waals surface area contributed by atoms with Crippen molar-refractivity contribution in [3.8, 4) is 11.4 Å². The summed E-state index contributed by atoms with van der Waals surface area (Å²) in [5, 5.41) is 0.495. The highest BCUT2D eigenvalue weighted by Gasteiger charge is 2.12. The molecule has 0 atom stereocenters. The molecule has 3 rings (SSSR count). The van der Waals surface area contributed by atoms with Gasteiger partial charge in [0.1, 0.15) is 17.2 Å². The van der Waals surface area contributed by atoms with Crippen LogP contribution in [0.1, 0.15) is 0 Å². The van der Waals surface area contributed by atoms with Crippen LogP contribution in [0.3, 0.4) is 0 Å². The number of imidazole rings is 1. The Labute approximate surface area is 112 Å². The maximum Gasteiger partial charge on any atom is 0.153 e. The van der Waals surface area contributed by atoms with Gasteiger partial charge in [-0.3, -0.25) is 0 Å². The molecular formula is C13H8ClF2N3. The normalized spacial score (nSPS) is 11.1. The lowest BCUT2D eigenvalue weighted by Crippen LogP contribution is -1.91. The molecule has 0 aliphatic carbocycles. The molecule has 0 saturated heterocycles. The molecule has 0 amide bonds. The first-order valence-corrected chi connectivity index (χ1v) is 5.82. The predicted molar refractivity (Wildman–Crippen MR) is 70.9 cm³/mol. The SMILES string of the molecule is Nc1cc(Cl)ccc1-c1nc2c(F)cc(F)cc2[nH]1. The van der Waals surface area contributed by atoms with Crippen LogP contribution in [0.2, 0.25) is 5.02 Å². The average molecular weight is 280 g/mol. The van der Waals surface area contributed by atoms with E-state index in [-0.39, 0.29) is 11.0 Å². The van der Waals surface area contributed by atoms with Gasteiger partial charge in [0, 0.05) is 22.3 Å². The van der Waals surface area contributed by atoms with Gasteiger partial charge >= 0.3 is 0 Å². The van der Waals surface area contributed by atoms with Crippen molar-refractivity contribution in [3.05, 3.63) is 47.0 Å². The molecule has 0 aliphatic heterocycles. The van der Waals surface area contributed by atoms with Crippen molar-refractivity contribution in [1.29, 1.82) is 0 Å². The van der Waals surface area contributed by atoms with Crippen molar-refractivity contribution < 1.29 is 8.78 Å². The van der Waals surface area contributed by atoms with Crippen LogP contribution in [0, 0.1) is 11.6 Å². The molecule has 2 aromatic carbocycles. The molecule has 0 radical (unpaired) electrons. The van der Waals surface area contributed by atoms with Crippen molar-refractivity contribution >= 4 is 28.3 Å². The molecule has 1 heterocycles. The quantitative estimate of drug-likeness (QED) is 0.667. The molecule has 0 spiro atoms. The Bertz CT molecular complexity index is 783. The fraction of sp³-hybridized carbons (Fsp3) is 0. The largest absolute Gasteiger partial charge is 0.398 e. The zero-order valence-corrected chi connectivity index (χ0v) is 10.3. The summed E-state index contributed by atoms with van der Waals surface area (Å²) in [7, 11) is 0. The van der Waals surface area contributed by atoms with Crippen LogP contribution in [0.4, 0.5) is 14.5 Å². The van der Waals surface area contributed by atoms with Gasteiger partial charge in [-0.25, -0.2) is 13.8 Å². The van der Waals surface area contributed by atoms with E-state index in [0.29, 0.717) is 22.1 Å². The lowest BCUT2D eigenvalue weighted by Gasteiger charge is -2.02. The Hall–Kier alpha value is -2.14. The van der Waals surface area contributed by atoms with Gasteiger partial charge in [0.25, 0.3) is 0 Å². The Kier molecular flexibility index (Phi) is 2.64. The van der Waals surface area contributed by atoms with Crippen LogP contribution in [-0.2, 0) is 0 Å². The average Bonchev–Trinajstić information content (AvgIpc) is 2.72. The molecule has 0 unspecified atom stereocenters. The lowest BCUT2D eigenvalue weighted by molar-refractivity contribution is 0.591. The van der Waals surface area contributed by atoms with E-state index >= 15 is 0 Å². The molecule has 3 N–H and O–H groups in total. The van der Waals surface area contributed by atoms with Crippen LogP contribution >= 0.6 is 11.6 Å². The summed E-state index contributed by atoms with van der Waals surface area (Å²) in [4.78, 5) is 6.93. The zero-order valence-electron chi connectivity index (χ0n) is 9.55. The van der Waals surface area contributed by atoms with E-state index in [2.05, 4.69) is 9.97 Å². The number of hydrogen-bond acceptors (Lipinski definition) is 2. The Balaban J connectivity index is 2.23. The number of rotatable bonds is 1. The number of fused-ring (bicyclic) bond motifs is 1. The molecule has 0 aliphatic rings. The number of benzene rings is 2. The molecule has 19 heavy (non-hydrogen) atoms. The minimum absolute atomic E-state index is 0.0748. The van der Waals surface area contributed by atoms with Gasteiger partial charge in [0.2, 0.25) is 0 Å². The van der Waals surface area contributed by atoms with Crippen LogP contribution in [0.15, 0.2) is 30.3 Å². The second-order valence-electron chi connectivity index (χ2n) is 4.10. The number of nitrogen functional groups attached to an aromatic ring is 1. The zero-order chi connectivity index (χ0) is 13.6. The van der Waals surface area contributed by atoms with Crippen LogP contribution in [-0.4, -0.2) is 9.97 Å². The van der Waals surface area contributed by atoms with Crippen LogP contribution in [0.5, 0.6) is 0 Å². The monoisotopic (exact) mass is 279 g/mol. The van der Waals surface area contributed by atoms with E-state index in [4.69, 9.17) is 17.3 Å². The molecule has 0 bridgehead atoms. The van der Waals surface area contributed by atoms with E-state index in [1.165, 1.54) is 6.07 Å². The van der Waals surface area contributed by atoms with E-state index in [0.717, 1.165) is 6.07 Å². The summed E-state index contributed by atoms with van der Waals surface area (Å²) < 4.78 is 26.7. The van der Waals surface area contributed by atoms with Crippen molar-refractivity contribution in [2.45, 2.75) is 0 Å². The first-order valence-electron chi connectivity index (χ1n) is 5.45. The Morgan fingerprint density at radius 1 is 1.16 bits per heavy atom. The topological polar surface area (TPSA) is 54.7 Å². The number of hydrogen-bond donors (Lipinski definition) is 2. The maximum absolute atomic E-state index is 13.6. The third-order valence-electron chi connectivity index (χ3n) is 2.77. The van der Waals surface area contributed by atoms with Crippen molar-refractivity contribution in [1.82, 2.24) is 9.97 Å². The van der Waals surface area contributed by atoms with E-state index in [9.17, 15) is 8.78 Å². The van der Waals surface area contributed by atoms with Gasteiger partial charge in [0.15, 0.2) is 5.82 Å². The smallest absolute Gasteiger partial charge is 0.153 e. The second-order valence-corrected chi connectivity index (χ2v) is 4.54. The summed E-state index contributed by atoms with van der Waals surface area (Å²) in [6.07, 6.45) is 0. The molecule has 3 nitrogen and oxygen atoms in total. The third-order valence-corrected chi connectivity index (χ3v) is 3.01. The third kappa shape index (κ3) is 2.02. The van der Waals surface area contributed by atoms with Gasteiger partial charge in [-0.15, -0.1) is 0 Å². The van der Waals surface area contributed by atoms with Crippen LogP contribution in [0.25, 0.3) is 22.4 Å². The molecule has 1 aromatic heterocycles. The minimum atomic E-state index is -0.718. The number of nitrogens with zero attached hydrogens (tertiary/aromatic N) is 1. The number of aromatic nitrogens is 2. The molecule has 6 heteroatoms. The molecule has 0 fully saturated rings. The number of halogens is 3. The van der Waals surface area contributed by atoms with Crippen LogP contribution < -0.4 is 5.73 Å². The highest BCUT2D eigenvalue weighted by atomic mass is 35.5. The van der Waals surface area contributed by atoms with Crippen molar-refractivity contribution in [3.63, 3.8) is 0 Å². The maximum atomic E-state index is 13.6. The lowest BCUT2D eigenvalue weighted by atomic mass is 10.2. The first kappa shape index (κ1) is 11.9. The molecular weight excluding hydrogens is 272 g/mol. The number of nitrogens with one attached hydrogen (secondary N) is 1. The highest BCUT2D eigenvalue weighted by Crippen LogP contribution is 2.29. The summed E-state index contributed by atoms with van der Waals surface area (Å²) in [6, 6.07) is 6.86. The van der Waals surface area contributed by atoms with E-state index in [1.807, 2.05) is 0 Å². The number of nitrogens with two attached hydrogens (primary N) is 1. The number of anilines is 1. The summed E-state index contributed by atoms with van der Waals surface area (Å²) in [6.45, 7) is 0. The molecule has 3 aromatic rings. The van der Waals surface area contributed by atoms with Gasteiger partial charge in [-0.1, -0.05) is 11.6 Å². The summed E-state index contributed by atoms with van der Waals surface area (Å²) in [5.41, 5.74) is 7.18. The fourth-order valence-electron chi connectivity index (χ4n) is 1.92. The van der Waals surface area contributed by atoms with Gasteiger partial charge in [0.05, 0.1) is 5.52 Å². The standard InChI is InChI=1S/C13H8ClF2N3/c14-6-1-2-8(10(17)3-6)13-18-11-5-7(15)4-9(16)12(11)19-13/h1-5H,17H2,(H,18,19). The molecule has 0 saturated carbocycles. The highest BCUT2D eigenvalue weighted by molar-refractivity contribution is 6.31. The fourth-order valence-corrected chi connectivity index (χ4v) is 2.10. The van der Waals surface area contributed by atoms with Gasteiger partial charge < -0.3 is 10.7 Å². The van der Waals surface area contributed by atoms with Gasteiger partial charge in [-0.05, 0) is 24.3 Å². The number of H-pyrrole nitrogens is 1. The predicted octanol–water partition coefficient (Wildman–Crippen LogP) is 3.74. The first-order chi connectivity index (χ1) is 9.04. The summed E-state index contributed by atoms with van der Waals surface area (Å²) >= 11 is 5.81. The van der Waals surface area contributed by atoms with Crippen molar-refractivity contribution in [2.75, 3.05) is 5.73 Å². The van der Waals surface area contributed by atoms with E-state index in [1.54, 1.807) is 18.2 Å². The molecule has 96 valence electrons. The summed E-state index contributed by atoms with van der Waals surface area (Å²) in [5.74, 6) is -1.01. The Morgan fingerprint density at radius 3 is 2.68 bits per heavy atom. The second kappa shape index (κ2) is 4.20.